The predicted octanol–water partition coefficient (Wildman–Crippen LogP) is 0.146. The first-order valence-electron chi connectivity index (χ1n) is 4.97. The van der Waals surface area contributed by atoms with Gasteiger partial charge in [-0.1, -0.05) is 0 Å². The molecule has 0 saturated carbocycles. The van der Waals surface area contributed by atoms with Gasteiger partial charge in [-0.25, -0.2) is 9.97 Å². The normalized spacial score (nSPS) is 19.9. The van der Waals surface area contributed by atoms with E-state index < -0.39 is 0 Å². The number of hydrogen-bond donors (Lipinski definition) is 1. The molecule has 1 aliphatic rings. The summed E-state index contributed by atoms with van der Waals surface area (Å²) in [6, 6.07) is 2.48. The van der Waals surface area contributed by atoms with E-state index in [-0.39, 0.29) is 0 Å². The summed E-state index contributed by atoms with van der Waals surface area (Å²) in [4.78, 5) is 10.2. The van der Waals surface area contributed by atoms with Gasteiger partial charge in [-0.15, -0.1) is 0 Å². The molecule has 15 heavy (non-hydrogen) atoms. The second kappa shape index (κ2) is 4.24. The summed E-state index contributed by atoms with van der Waals surface area (Å²) in [6.07, 6.45) is 4.25. The van der Waals surface area contributed by atoms with E-state index in [4.69, 9.17) is 5.26 Å². The molecule has 2 heterocycles. The fourth-order valence-corrected chi connectivity index (χ4v) is 1.81. The van der Waals surface area contributed by atoms with Crippen LogP contribution in [0.5, 0.6) is 0 Å². The monoisotopic (exact) mass is 203 g/mol. The van der Waals surface area contributed by atoms with Crippen molar-refractivity contribution in [2.24, 2.45) is 0 Å². The van der Waals surface area contributed by atoms with Crippen molar-refractivity contribution in [1.29, 1.82) is 5.26 Å². The zero-order valence-electron chi connectivity index (χ0n) is 8.64. The number of aromatic nitrogens is 2. The van der Waals surface area contributed by atoms with Crippen LogP contribution in [0.25, 0.3) is 0 Å². The summed E-state index contributed by atoms with van der Waals surface area (Å²) >= 11 is 0. The van der Waals surface area contributed by atoms with Crippen LogP contribution in [-0.2, 0) is 0 Å². The fourth-order valence-electron chi connectivity index (χ4n) is 1.81. The second-order valence-electron chi connectivity index (χ2n) is 3.60. The van der Waals surface area contributed by atoms with Gasteiger partial charge < -0.3 is 10.2 Å². The van der Waals surface area contributed by atoms with E-state index in [9.17, 15) is 0 Å². The lowest BCUT2D eigenvalue weighted by Crippen LogP contribution is -2.34. The maximum atomic E-state index is 8.92. The highest BCUT2D eigenvalue weighted by atomic mass is 15.2. The largest absolute Gasteiger partial charge is 0.353 e. The molecule has 0 bridgehead atoms. The quantitative estimate of drug-likeness (QED) is 0.741. The molecule has 1 unspecified atom stereocenters. The SMILES string of the molecule is CN(c1nccnc1C#N)C1CCNC1. The van der Waals surface area contributed by atoms with E-state index in [1.54, 1.807) is 12.4 Å². The highest BCUT2D eigenvalue weighted by Gasteiger charge is 2.22. The molecule has 2 rings (SSSR count). The van der Waals surface area contributed by atoms with E-state index >= 15 is 0 Å². The van der Waals surface area contributed by atoms with Crippen LogP contribution in [0, 0.1) is 11.3 Å². The van der Waals surface area contributed by atoms with Gasteiger partial charge >= 0.3 is 0 Å². The Bertz CT molecular complexity index is 378. The van der Waals surface area contributed by atoms with Gasteiger partial charge in [0.1, 0.15) is 6.07 Å². The summed E-state index contributed by atoms with van der Waals surface area (Å²) in [5, 5.41) is 12.2. The number of rotatable bonds is 2. The molecular weight excluding hydrogens is 190 g/mol. The van der Waals surface area contributed by atoms with Gasteiger partial charge in [0, 0.05) is 32.0 Å². The molecule has 0 aliphatic carbocycles. The number of nitrogens with zero attached hydrogens (tertiary/aromatic N) is 4. The number of nitrogens with one attached hydrogen (secondary N) is 1. The van der Waals surface area contributed by atoms with Gasteiger partial charge in [0.05, 0.1) is 0 Å². The summed E-state index contributed by atoms with van der Waals surface area (Å²) in [7, 11) is 1.96. The lowest BCUT2D eigenvalue weighted by molar-refractivity contribution is 0.675. The maximum absolute atomic E-state index is 8.92. The number of anilines is 1. The molecule has 0 spiro atoms. The molecule has 0 radical (unpaired) electrons. The Labute approximate surface area is 88.8 Å². The maximum Gasteiger partial charge on any atom is 0.183 e. The summed E-state index contributed by atoms with van der Waals surface area (Å²) in [5.41, 5.74) is 0.395. The number of nitriles is 1. The highest BCUT2D eigenvalue weighted by molar-refractivity contribution is 5.49. The topological polar surface area (TPSA) is 64.8 Å². The van der Waals surface area contributed by atoms with E-state index in [0.717, 1.165) is 19.5 Å². The summed E-state index contributed by atoms with van der Waals surface area (Å²) in [6.45, 7) is 1.97. The minimum absolute atomic E-state index is 0.395. The molecule has 1 aliphatic heterocycles. The highest BCUT2D eigenvalue weighted by Crippen LogP contribution is 2.17. The van der Waals surface area contributed by atoms with Crippen molar-refractivity contribution < 1.29 is 0 Å². The Morgan fingerprint density at radius 2 is 2.33 bits per heavy atom. The number of likely N-dealkylation sites (N-methyl/N-ethyl adjacent to an activating group) is 1. The minimum atomic E-state index is 0.395. The standard InChI is InChI=1S/C10H13N5/c1-15(8-2-3-12-7-8)10-9(6-11)13-4-5-14-10/h4-5,8,12H,2-3,7H2,1H3. The van der Waals surface area contributed by atoms with Gasteiger partial charge in [0.2, 0.25) is 0 Å². The molecule has 1 saturated heterocycles. The van der Waals surface area contributed by atoms with Gasteiger partial charge in [-0.05, 0) is 13.0 Å². The first kappa shape index (κ1) is 9.87. The molecule has 5 nitrogen and oxygen atoms in total. The Morgan fingerprint density at radius 1 is 1.53 bits per heavy atom. The van der Waals surface area contributed by atoms with Crippen molar-refractivity contribution in [3.8, 4) is 6.07 Å². The van der Waals surface area contributed by atoms with Crippen molar-refractivity contribution in [3.63, 3.8) is 0 Å². The lowest BCUT2D eigenvalue weighted by Gasteiger charge is -2.24. The van der Waals surface area contributed by atoms with Crippen LogP contribution < -0.4 is 10.2 Å². The van der Waals surface area contributed by atoms with Crippen molar-refractivity contribution in [2.45, 2.75) is 12.5 Å². The molecule has 1 N–H and O–H groups in total. The van der Waals surface area contributed by atoms with Gasteiger partial charge in [-0.3, -0.25) is 0 Å². The van der Waals surface area contributed by atoms with Crippen LogP contribution in [0.15, 0.2) is 12.4 Å². The zero-order valence-corrected chi connectivity index (χ0v) is 8.64. The lowest BCUT2D eigenvalue weighted by atomic mass is 10.2. The van der Waals surface area contributed by atoms with Crippen molar-refractivity contribution >= 4 is 5.82 Å². The first-order valence-corrected chi connectivity index (χ1v) is 4.97. The minimum Gasteiger partial charge on any atom is -0.353 e. The van der Waals surface area contributed by atoms with Crippen LogP contribution in [0.1, 0.15) is 12.1 Å². The molecule has 1 aromatic heterocycles. The molecular formula is C10H13N5. The van der Waals surface area contributed by atoms with Gasteiger partial charge in [0.25, 0.3) is 0 Å². The fraction of sp³-hybridized carbons (Fsp3) is 0.500. The number of hydrogen-bond acceptors (Lipinski definition) is 5. The van der Waals surface area contributed by atoms with Gasteiger partial charge in [-0.2, -0.15) is 5.26 Å². The average Bonchev–Trinajstić information content (AvgIpc) is 2.81. The summed E-state index contributed by atoms with van der Waals surface area (Å²) in [5.74, 6) is 0.675. The zero-order chi connectivity index (χ0) is 10.7. The average molecular weight is 203 g/mol. The Kier molecular flexibility index (Phi) is 2.79. The van der Waals surface area contributed by atoms with Crippen LogP contribution >= 0.6 is 0 Å². The molecule has 78 valence electrons. The Morgan fingerprint density at radius 3 is 3.00 bits per heavy atom. The molecule has 1 fully saturated rings. The van der Waals surface area contributed by atoms with Crippen LogP contribution in [0.2, 0.25) is 0 Å². The molecule has 1 atom stereocenters. The Hall–Kier alpha value is -1.67. The first-order chi connectivity index (χ1) is 7.33. The molecule has 5 heteroatoms. The predicted molar refractivity (Wildman–Crippen MR) is 56.4 cm³/mol. The van der Waals surface area contributed by atoms with E-state index in [2.05, 4.69) is 21.4 Å². The second-order valence-corrected chi connectivity index (χ2v) is 3.60. The third kappa shape index (κ3) is 1.90. The molecule has 0 amide bonds. The molecule has 0 aromatic carbocycles. The molecule has 1 aromatic rings. The van der Waals surface area contributed by atoms with Gasteiger partial charge in [0.15, 0.2) is 11.5 Å². The van der Waals surface area contributed by atoms with Crippen LogP contribution in [0.3, 0.4) is 0 Å². The third-order valence-corrected chi connectivity index (χ3v) is 2.70. The summed E-state index contributed by atoms with van der Waals surface area (Å²) < 4.78 is 0. The van der Waals surface area contributed by atoms with Crippen molar-refractivity contribution in [3.05, 3.63) is 18.1 Å². The van der Waals surface area contributed by atoms with E-state index in [1.807, 2.05) is 11.9 Å². The van der Waals surface area contributed by atoms with Crippen molar-refractivity contribution in [1.82, 2.24) is 15.3 Å². The van der Waals surface area contributed by atoms with Crippen molar-refractivity contribution in [2.75, 3.05) is 25.0 Å². The van der Waals surface area contributed by atoms with Crippen LogP contribution in [-0.4, -0.2) is 36.1 Å². The van der Waals surface area contributed by atoms with Crippen LogP contribution in [0.4, 0.5) is 5.82 Å². The van der Waals surface area contributed by atoms with E-state index in [0.29, 0.717) is 17.6 Å². The Balaban J connectivity index is 2.24. The third-order valence-electron chi connectivity index (χ3n) is 2.70. The smallest absolute Gasteiger partial charge is 0.183 e. The van der Waals surface area contributed by atoms with E-state index in [1.165, 1.54) is 0 Å².